The van der Waals surface area contributed by atoms with E-state index in [0.717, 1.165) is 11.3 Å². The minimum atomic E-state index is -0.257. The summed E-state index contributed by atoms with van der Waals surface area (Å²) in [6.45, 7) is 6.98. The second-order valence-electron chi connectivity index (χ2n) is 8.36. The fourth-order valence-corrected chi connectivity index (χ4v) is 4.35. The molecule has 1 aromatic carbocycles. The number of carbonyl (C=O) groups is 1. The number of amides is 1. The second-order valence-corrected chi connectivity index (χ2v) is 9.35. The van der Waals surface area contributed by atoms with Gasteiger partial charge in [-0.1, -0.05) is 38.6 Å². The van der Waals surface area contributed by atoms with Crippen LogP contribution in [0.3, 0.4) is 0 Å². The van der Waals surface area contributed by atoms with Crippen LogP contribution < -0.4 is 20.3 Å². The number of carbonyl (C=O) groups excluding carboxylic acids is 1. The first-order chi connectivity index (χ1) is 14.2. The Labute approximate surface area is 181 Å². The second kappa shape index (κ2) is 9.12. The molecule has 8 heteroatoms. The highest BCUT2D eigenvalue weighted by molar-refractivity contribution is 7.99. The lowest BCUT2D eigenvalue weighted by atomic mass is 9.92. The van der Waals surface area contributed by atoms with Gasteiger partial charge in [0.15, 0.2) is 16.7 Å². The SMILES string of the molecule is COc1ccc(CCNC(=O)C2CSc3nc(C(C)(C)C)cc(=O)n3C2)cc1OC. The van der Waals surface area contributed by atoms with Gasteiger partial charge in [0.2, 0.25) is 5.91 Å². The first kappa shape index (κ1) is 22.2. The number of nitrogens with one attached hydrogen (secondary N) is 1. The van der Waals surface area contributed by atoms with Crippen LogP contribution >= 0.6 is 11.8 Å². The maximum atomic E-state index is 12.7. The zero-order valence-corrected chi connectivity index (χ0v) is 19.0. The van der Waals surface area contributed by atoms with E-state index in [1.807, 2.05) is 39.0 Å². The van der Waals surface area contributed by atoms with Gasteiger partial charge in [-0.3, -0.25) is 14.2 Å². The molecule has 2 aromatic rings. The highest BCUT2D eigenvalue weighted by Gasteiger charge is 2.28. The van der Waals surface area contributed by atoms with Gasteiger partial charge in [-0.05, 0) is 24.1 Å². The van der Waals surface area contributed by atoms with E-state index < -0.39 is 0 Å². The van der Waals surface area contributed by atoms with E-state index in [1.165, 1.54) is 11.8 Å². The first-order valence-corrected chi connectivity index (χ1v) is 10.9. The smallest absolute Gasteiger partial charge is 0.254 e. The fourth-order valence-electron chi connectivity index (χ4n) is 3.26. The quantitative estimate of drug-likeness (QED) is 0.708. The van der Waals surface area contributed by atoms with Crippen LogP contribution in [-0.4, -0.2) is 42.0 Å². The van der Waals surface area contributed by atoms with Gasteiger partial charge in [-0.2, -0.15) is 0 Å². The molecular weight excluding hydrogens is 402 g/mol. The molecule has 3 rings (SSSR count). The number of hydrogen-bond acceptors (Lipinski definition) is 6. The number of fused-ring (bicyclic) bond motifs is 1. The molecule has 0 saturated heterocycles. The van der Waals surface area contributed by atoms with E-state index in [9.17, 15) is 9.59 Å². The van der Waals surface area contributed by atoms with Crippen molar-refractivity contribution >= 4 is 17.7 Å². The highest BCUT2D eigenvalue weighted by atomic mass is 32.2. The van der Waals surface area contributed by atoms with Crippen LogP contribution in [0.4, 0.5) is 0 Å². The summed E-state index contributed by atoms with van der Waals surface area (Å²) in [4.78, 5) is 29.9. The molecule has 0 bridgehead atoms. The molecule has 1 amide bonds. The topological polar surface area (TPSA) is 82.5 Å². The number of rotatable bonds is 6. The van der Waals surface area contributed by atoms with E-state index in [0.29, 0.717) is 41.9 Å². The molecule has 1 atom stereocenters. The Hall–Kier alpha value is -2.48. The number of hydrogen-bond donors (Lipinski definition) is 1. The number of aromatic nitrogens is 2. The van der Waals surface area contributed by atoms with Gasteiger partial charge in [-0.25, -0.2) is 4.98 Å². The van der Waals surface area contributed by atoms with Crippen LogP contribution in [-0.2, 0) is 23.2 Å². The van der Waals surface area contributed by atoms with Gasteiger partial charge in [0.25, 0.3) is 5.56 Å². The molecule has 2 heterocycles. The number of ether oxygens (including phenoxy) is 2. The van der Waals surface area contributed by atoms with Crippen LogP contribution in [0.1, 0.15) is 32.0 Å². The van der Waals surface area contributed by atoms with Gasteiger partial charge in [0.05, 0.1) is 25.8 Å². The fraction of sp³-hybridized carbons (Fsp3) is 0.500. The molecule has 1 N–H and O–H groups in total. The molecule has 0 saturated carbocycles. The summed E-state index contributed by atoms with van der Waals surface area (Å²) in [5, 5.41) is 3.69. The number of methoxy groups -OCH3 is 2. The lowest BCUT2D eigenvalue weighted by molar-refractivity contribution is -0.124. The van der Waals surface area contributed by atoms with Crippen molar-refractivity contribution in [2.75, 3.05) is 26.5 Å². The summed E-state index contributed by atoms with van der Waals surface area (Å²) in [5.41, 5.74) is 1.55. The Morgan fingerprint density at radius 3 is 2.63 bits per heavy atom. The van der Waals surface area contributed by atoms with Crippen LogP contribution in [0.2, 0.25) is 0 Å². The third-order valence-electron chi connectivity index (χ3n) is 5.09. The van der Waals surface area contributed by atoms with Crippen LogP contribution in [0.5, 0.6) is 11.5 Å². The van der Waals surface area contributed by atoms with Gasteiger partial charge < -0.3 is 14.8 Å². The molecule has 1 aliphatic heterocycles. The minimum absolute atomic E-state index is 0.0413. The highest BCUT2D eigenvalue weighted by Crippen LogP contribution is 2.29. The minimum Gasteiger partial charge on any atom is -0.493 e. The average molecular weight is 432 g/mol. The van der Waals surface area contributed by atoms with Crippen molar-refractivity contribution in [2.24, 2.45) is 5.92 Å². The van der Waals surface area contributed by atoms with Crippen molar-refractivity contribution in [1.82, 2.24) is 14.9 Å². The van der Waals surface area contributed by atoms with E-state index in [-0.39, 0.29) is 22.8 Å². The van der Waals surface area contributed by atoms with Crippen LogP contribution in [0.25, 0.3) is 0 Å². The zero-order valence-electron chi connectivity index (χ0n) is 18.2. The van der Waals surface area contributed by atoms with E-state index in [1.54, 1.807) is 24.9 Å². The Bertz CT molecular complexity index is 981. The normalized spacial score (nSPS) is 16.0. The summed E-state index contributed by atoms with van der Waals surface area (Å²) in [7, 11) is 3.20. The van der Waals surface area contributed by atoms with Crippen LogP contribution in [0.15, 0.2) is 34.2 Å². The lowest BCUT2D eigenvalue weighted by Crippen LogP contribution is -2.41. The van der Waals surface area contributed by atoms with E-state index in [4.69, 9.17) is 9.47 Å². The first-order valence-electron chi connectivity index (χ1n) is 9.96. The Balaban J connectivity index is 1.60. The molecule has 162 valence electrons. The maximum Gasteiger partial charge on any atom is 0.254 e. The molecule has 1 unspecified atom stereocenters. The maximum absolute atomic E-state index is 12.7. The number of nitrogens with zero attached hydrogens (tertiary/aromatic N) is 2. The van der Waals surface area contributed by atoms with Gasteiger partial charge >= 0.3 is 0 Å². The van der Waals surface area contributed by atoms with Gasteiger partial charge in [0, 0.05) is 30.3 Å². The Morgan fingerprint density at radius 1 is 1.23 bits per heavy atom. The monoisotopic (exact) mass is 431 g/mol. The summed E-state index contributed by atoms with van der Waals surface area (Å²) >= 11 is 1.47. The Morgan fingerprint density at radius 2 is 1.97 bits per heavy atom. The summed E-state index contributed by atoms with van der Waals surface area (Å²) in [6.07, 6.45) is 0.680. The number of thioether (sulfide) groups is 1. The molecule has 0 radical (unpaired) electrons. The zero-order chi connectivity index (χ0) is 21.9. The summed E-state index contributed by atoms with van der Waals surface area (Å²) < 4.78 is 12.2. The standard InChI is InChI=1S/C22H29N3O4S/c1-22(2,3)18-11-19(26)25-12-15(13-30-21(25)24-18)20(27)23-9-8-14-6-7-16(28-4)17(10-14)29-5/h6-7,10-11,15H,8-9,12-13H2,1-5H3,(H,23,27). The molecule has 0 aliphatic carbocycles. The van der Waals surface area contributed by atoms with Crippen molar-refractivity contribution in [3.8, 4) is 11.5 Å². The van der Waals surface area contributed by atoms with Crippen molar-refractivity contribution in [1.29, 1.82) is 0 Å². The van der Waals surface area contributed by atoms with Crippen LogP contribution in [0, 0.1) is 5.92 Å². The van der Waals surface area contributed by atoms with Crippen molar-refractivity contribution in [3.63, 3.8) is 0 Å². The molecule has 1 aliphatic rings. The predicted molar refractivity (Wildman–Crippen MR) is 118 cm³/mol. The molecular formula is C22H29N3O4S. The van der Waals surface area contributed by atoms with Gasteiger partial charge in [-0.15, -0.1) is 0 Å². The lowest BCUT2D eigenvalue weighted by Gasteiger charge is -2.26. The largest absolute Gasteiger partial charge is 0.493 e. The third kappa shape index (κ3) is 4.98. The summed E-state index contributed by atoms with van der Waals surface area (Å²) in [5.74, 6) is 1.66. The van der Waals surface area contributed by atoms with E-state index in [2.05, 4.69) is 10.3 Å². The molecule has 30 heavy (non-hydrogen) atoms. The summed E-state index contributed by atoms with van der Waals surface area (Å²) in [6, 6.07) is 7.31. The molecule has 0 fully saturated rings. The third-order valence-corrected chi connectivity index (χ3v) is 6.23. The predicted octanol–water partition coefficient (Wildman–Crippen LogP) is 2.64. The average Bonchev–Trinajstić information content (AvgIpc) is 2.72. The van der Waals surface area contributed by atoms with Crippen molar-refractivity contribution in [3.05, 3.63) is 45.9 Å². The van der Waals surface area contributed by atoms with Crippen molar-refractivity contribution in [2.45, 2.75) is 44.3 Å². The van der Waals surface area contributed by atoms with E-state index >= 15 is 0 Å². The number of benzene rings is 1. The Kier molecular flexibility index (Phi) is 6.75. The van der Waals surface area contributed by atoms with Crippen molar-refractivity contribution < 1.29 is 14.3 Å². The molecule has 0 spiro atoms. The molecule has 1 aromatic heterocycles. The van der Waals surface area contributed by atoms with Gasteiger partial charge in [0.1, 0.15) is 0 Å². The molecule has 7 nitrogen and oxygen atoms in total.